The third kappa shape index (κ3) is 2.80. The Hall–Kier alpha value is -1.95. The summed E-state index contributed by atoms with van der Waals surface area (Å²) in [5.74, 6) is 0. The summed E-state index contributed by atoms with van der Waals surface area (Å²) in [5.41, 5.74) is 3.41. The van der Waals surface area contributed by atoms with E-state index in [1.807, 2.05) is 6.07 Å². The average Bonchev–Trinajstić information content (AvgIpc) is 2.98. The van der Waals surface area contributed by atoms with Crippen molar-refractivity contribution in [3.8, 4) is 5.69 Å². The van der Waals surface area contributed by atoms with Gasteiger partial charge in [0.15, 0.2) is 0 Å². The number of tetrazole rings is 1. The molecule has 0 amide bonds. The largest absolute Gasteiger partial charge is 0.382 e. The van der Waals surface area contributed by atoms with Crippen molar-refractivity contribution >= 4 is 5.69 Å². The van der Waals surface area contributed by atoms with Crippen molar-refractivity contribution in [1.82, 2.24) is 25.1 Å². The fourth-order valence-electron chi connectivity index (χ4n) is 2.56. The van der Waals surface area contributed by atoms with Gasteiger partial charge in [-0.05, 0) is 68.0 Å². The standard InChI is InChI=1S/C14H20N6/c1-11-3-4-13(20-10-15-17-18-20)9-14(11)16-12-5-7-19(2)8-6-12/h3-4,9-10,12,16H,5-8H2,1-2H3. The lowest BCUT2D eigenvalue weighted by Crippen LogP contribution is -2.36. The Morgan fingerprint density at radius 2 is 2.05 bits per heavy atom. The second-order valence-corrected chi connectivity index (χ2v) is 5.48. The number of likely N-dealkylation sites (tertiary alicyclic amines) is 1. The number of aromatic nitrogens is 4. The van der Waals surface area contributed by atoms with Gasteiger partial charge in [0.2, 0.25) is 0 Å². The molecule has 6 heteroatoms. The lowest BCUT2D eigenvalue weighted by molar-refractivity contribution is 0.264. The summed E-state index contributed by atoms with van der Waals surface area (Å²) in [6.45, 7) is 4.44. The highest BCUT2D eigenvalue weighted by molar-refractivity contribution is 5.57. The molecule has 106 valence electrons. The Kier molecular flexibility index (Phi) is 3.64. The van der Waals surface area contributed by atoms with Gasteiger partial charge >= 0.3 is 0 Å². The van der Waals surface area contributed by atoms with Gasteiger partial charge in [0.05, 0.1) is 5.69 Å². The molecule has 2 heterocycles. The van der Waals surface area contributed by atoms with Gasteiger partial charge in [0.25, 0.3) is 0 Å². The first-order valence-electron chi connectivity index (χ1n) is 7.01. The maximum Gasteiger partial charge on any atom is 0.143 e. The zero-order valence-electron chi connectivity index (χ0n) is 12.0. The minimum Gasteiger partial charge on any atom is -0.382 e. The van der Waals surface area contributed by atoms with E-state index in [2.05, 4.69) is 51.8 Å². The number of hydrogen-bond acceptors (Lipinski definition) is 5. The fraction of sp³-hybridized carbons (Fsp3) is 0.500. The summed E-state index contributed by atoms with van der Waals surface area (Å²) in [6.07, 6.45) is 3.99. The van der Waals surface area contributed by atoms with Crippen LogP contribution in [0.1, 0.15) is 18.4 Å². The number of aryl methyl sites for hydroxylation is 1. The van der Waals surface area contributed by atoms with Gasteiger partial charge in [-0.25, -0.2) is 4.68 Å². The molecular weight excluding hydrogens is 252 g/mol. The van der Waals surface area contributed by atoms with Crippen molar-refractivity contribution in [1.29, 1.82) is 0 Å². The summed E-state index contributed by atoms with van der Waals surface area (Å²) in [5, 5.41) is 15.0. The molecule has 1 saturated heterocycles. The molecule has 20 heavy (non-hydrogen) atoms. The number of piperidine rings is 1. The van der Waals surface area contributed by atoms with E-state index in [9.17, 15) is 0 Å². The average molecular weight is 272 g/mol. The molecule has 0 bridgehead atoms. The first-order chi connectivity index (χ1) is 9.72. The third-order valence-corrected chi connectivity index (χ3v) is 3.91. The predicted octanol–water partition coefficient (Wildman–Crippen LogP) is 1.48. The number of nitrogens with zero attached hydrogens (tertiary/aromatic N) is 5. The SMILES string of the molecule is Cc1ccc(-n2cnnn2)cc1NC1CCN(C)CC1. The van der Waals surface area contributed by atoms with Crippen LogP contribution in [0.5, 0.6) is 0 Å². The van der Waals surface area contributed by atoms with Crippen molar-refractivity contribution in [3.05, 3.63) is 30.1 Å². The minimum atomic E-state index is 0.550. The van der Waals surface area contributed by atoms with Gasteiger partial charge < -0.3 is 10.2 Å². The number of hydrogen-bond donors (Lipinski definition) is 1. The highest BCUT2D eigenvalue weighted by atomic mass is 15.5. The lowest BCUT2D eigenvalue weighted by atomic mass is 10.0. The van der Waals surface area contributed by atoms with E-state index in [4.69, 9.17) is 0 Å². The quantitative estimate of drug-likeness (QED) is 0.917. The number of benzene rings is 1. The van der Waals surface area contributed by atoms with Crippen LogP contribution in [-0.2, 0) is 0 Å². The monoisotopic (exact) mass is 272 g/mol. The van der Waals surface area contributed by atoms with Crippen molar-refractivity contribution in [2.75, 3.05) is 25.5 Å². The zero-order chi connectivity index (χ0) is 13.9. The molecule has 0 radical (unpaired) electrons. The highest BCUT2D eigenvalue weighted by Crippen LogP contribution is 2.22. The van der Waals surface area contributed by atoms with E-state index in [0.29, 0.717) is 6.04 Å². The van der Waals surface area contributed by atoms with Crippen LogP contribution < -0.4 is 5.32 Å². The molecule has 3 rings (SSSR count). The number of nitrogens with one attached hydrogen (secondary N) is 1. The summed E-state index contributed by atoms with van der Waals surface area (Å²) in [4.78, 5) is 2.38. The van der Waals surface area contributed by atoms with Gasteiger partial charge in [-0.15, -0.1) is 5.10 Å². The first-order valence-corrected chi connectivity index (χ1v) is 7.01. The maximum absolute atomic E-state index is 3.94. The molecule has 0 atom stereocenters. The molecule has 1 fully saturated rings. The second kappa shape index (κ2) is 5.58. The van der Waals surface area contributed by atoms with Crippen molar-refractivity contribution in [2.24, 2.45) is 0 Å². The Bertz CT molecular complexity index is 557. The van der Waals surface area contributed by atoms with Gasteiger partial charge in [0, 0.05) is 11.7 Å². The van der Waals surface area contributed by atoms with Crippen LogP contribution >= 0.6 is 0 Å². The number of rotatable bonds is 3. The molecule has 1 aliphatic heterocycles. The van der Waals surface area contributed by atoms with Gasteiger partial charge in [-0.3, -0.25) is 0 Å². The molecule has 0 spiro atoms. The summed E-state index contributed by atoms with van der Waals surface area (Å²) in [7, 11) is 2.18. The zero-order valence-corrected chi connectivity index (χ0v) is 12.0. The lowest BCUT2D eigenvalue weighted by Gasteiger charge is -2.30. The van der Waals surface area contributed by atoms with Crippen LogP contribution in [0.3, 0.4) is 0 Å². The predicted molar refractivity (Wildman–Crippen MR) is 78.0 cm³/mol. The Morgan fingerprint density at radius 1 is 1.25 bits per heavy atom. The van der Waals surface area contributed by atoms with Crippen LogP contribution in [0.15, 0.2) is 24.5 Å². The molecule has 2 aromatic rings. The molecule has 1 aromatic heterocycles. The molecule has 0 unspecified atom stereocenters. The maximum atomic E-state index is 3.94. The molecule has 1 aliphatic rings. The highest BCUT2D eigenvalue weighted by Gasteiger charge is 2.17. The third-order valence-electron chi connectivity index (χ3n) is 3.91. The Labute approximate surface area is 118 Å². The van der Waals surface area contributed by atoms with E-state index < -0.39 is 0 Å². The van der Waals surface area contributed by atoms with Crippen LogP contribution in [0, 0.1) is 6.92 Å². The van der Waals surface area contributed by atoms with Crippen LogP contribution in [0.4, 0.5) is 5.69 Å². The first kappa shape index (κ1) is 13.1. The van der Waals surface area contributed by atoms with Crippen molar-refractivity contribution in [3.63, 3.8) is 0 Å². The van der Waals surface area contributed by atoms with Gasteiger partial charge in [-0.1, -0.05) is 6.07 Å². The van der Waals surface area contributed by atoms with E-state index in [0.717, 1.165) is 18.8 Å². The molecule has 1 aromatic carbocycles. The fourth-order valence-corrected chi connectivity index (χ4v) is 2.56. The van der Waals surface area contributed by atoms with E-state index >= 15 is 0 Å². The van der Waals surface area contributed by atoms with Gasteiger partial charge in [0.1, 0.15) is 6.33 Å². The summed E-state index contributed by atoms with van der Waals surface area (Å²) >= 11 is 0. The summed E-state index contributed by atoms with van der Waals surface area (Å²) in [6, 6.07) is 6.80. The van der Waals surface area contributed by atoms with E-state index in [1.165, 1.54) is 24.1 Å². The summed E-state index contributed by atoms with van der Waals surface area (Å²) < 4.78 is 1.68. The molecule has 0 saturated carbocycles. The number of anilines is 1. The van der Waals surface area contributed by atoms with Crippen molar-refractivity contribution < 1.29 is 0 Å². The van der Waals surface area contributed by atoms with E-state index in [1.54, 1.807) is 11.0 Å². The second-order valence-electron chi connectivity index (χ2n) is 5.48. The van der Waals surface area contributed by atoms with Crippen molar-refractivity contribution in [2.45, 2.75) is 25.8 Å². The van der Waals surface area contributed by atoms with Crippen LogP contribution in [0.25, 0.3) is 5.69 Å². The Balaban J connectivity index is 1.77. The molecular formula is C14H20N6. The topological polar surface area (TPSA) is 58.9 Å². The minimum absolute atomic E-state index is 0.550. The smallest absolute Gasteiger partial charge is 0.143 e. The molecule has 0 aliphatic carbocycles. The van der Waals surface area contributed by atoms with Crippen LogP contribution in [0.2, 0.25) is 0 Å². The Morgan fingerprint density at radius 3 is 2.75 bits per heavy atom. The van der Waals surface area contributed by atoms with Gasteiger partial charge in [-0.2, -0.15) is 0 Å². The normalized spacial score (nSPS) is 17.3. The van der Waals surface area contributed by atoms with Crippen LogP contribution in [-0.4, -0.2) is 51.3 Å². The molecule has 6 nitrogen and oxygen atoms in total. The van der Waals surface area contributed by atoms with E-state index in [-0.39, 0.29) is 0 Å². The molecule has 1 N–H and O–H groups in total.